The Morgan fingerprint density at radius 3 is 2.40 bits per heavy atom. The van der Waals surface area contributed by atoms with Crippen LogP contribution in [-0.4, -0.2) is 28.6 Å². The highest BCUT2D eigenvalue weighted by Gasteiger charge is 2.52. The van der Waals surface area contributed by atoms with E-state index in [2.05, 4.69) is 21.2 Å². The van der Waals surface area contributed by atoms with Gasteiger partial charge in [0, 0.05) is 6.54 Å². The summed E-state index contributed by atoms with van der Waals surface area (Å²) in [6.07, 6.45) is 0.0885. The van der Waals surface area contributed by atoms with Crippen molar-refractivity contribution in [1.82, 2.24) is 5.32 Å². The van der Waals surface area contributed by atoms with Gasteiger partial charge in [-0.25, -0.2) is 0 Å². The van der Waals surface area contributed by atoms with Gasteiger partial charge in [-0.1, -0.05) is 0 Å². The van der Waals surface area contributed by atoms with Crippen molar-refractivity contribution in [2.24, 2.45) is 0 Å². The molecule has 0 aliphatic carbocycles. The van der Waals surface area contributed by atoms with E-state index in [9.17, 15) is 8.78 Å². The molecule has 1 unspecified atom stereocenters. The molecule has 0 bridgehead atoms. The molecule has 0 aromatic carbocycles. The molecule has 2 nitrogen and oxygen atoms in total. The Hall–Kier alpha value is 0.260. The Bertz CT molecular complexity index is 130. The third kappa shape index (κ3) is 1.31. The van der Waals surface area contributed by atoms with Crippen molar-refractivity contribution in [2.75, 3.05) is 13.1 Å². The Morgan fingerprint density at radius 1 is 1.60 bits per heavy atom. The molecule has 1 aliphatic rings. The molecule has 10 heavy (non-hydrogen) atoms. The smallest absolute Gasteiger partial charge is 0.330 e. The van der Waals surface area contributed by atoms with Gasteiger partial charge < -0.3 is 10.4 Å². The van der Waals surface area contributed by atoms with Crippen LogP contribution < -0.4 is 5.32 Å². The van der Waals surface area contributed by atoms with Crippen LogP contribution in [0.4, 0.5) is 8.78 Å². The highest BCUT2D eigenvalue weighted by atomic mass is 79.9. The number of hydrogen-bond acceptors (Lipinski definition) is 2. The van der Waals surface area contributed by atoms with Gasteiger partial charge in [-0.3, -0.25) is 0 Å². The zero-order chi connectivity index (χ0) is 7.83. The molecular formula is C5H8BrF2NO. The molecule has 60 valence electrons. The molecule has 0 radical (unpaired) electrons. The number of β-amino-alcohol motifs (C(OH)–C–C–N with tert-alkyl or cyclic N) is 1. The van der Waals surface area contributed by atoms with Crippen LogP contribution in [0.3, 0.4) is 0 Å². The quantitative estimate of drug-likeness (QED) is 0.632. The minimum Gasteiger partial charge on any atom is -0.381 e. The van der Waals surface area contributed by atoms with Gasteiger partial charge in [-0.05, 0) is 28.9 Å². The van der Waals surface area contributed by atoms with E-state index in [-0.39, 0.29) is 13.0 Å². The fourth-order valence-electron chi connectivity index (χ4n) is 0.921. The lowest BCUT2D eigenvalue weighted by molar-refractivity contribution is -0.101. The second-order valence-corrected chi connectivity index (χ2v) is 3.45. The first-order valence-corrected chi connectivity index (χ1v) is 3.75. The Labute approximate surface area is 65.7 Å². The fraction of sp³-hybridized carbons (Fsp3) is 1.00. The monoisotopic (exact) mass is 215 g/mol. The summed E-state index contributed by atoms with van der Waals surface area (Å²) < 4.78 is 24.9. The number of alkyl halides is 3. The van der Waals surface area contributed by atoms with Gasteiger partial charge in [-0.15, -0.1) is 0 Å². The second-order valence-electron chi connectivity index (χ2n) is 2.46. The van der Waals surface area contributed by atoms with Crippen molar-refractivity contribution in [2.45, 2.75) is 16.9 Å². The Kier molecular flexibility index (Phi) is 2.00. The van der Waals surface area contributed by atoms with Crippen LogP contribution in [0, 0.1) is 0 Å². The lowest BCUT2D eigenvalue weighted by Gasteiger charge is -2.26. The fourth-order valence-corrected chi connectivity index (χ4v) is 1.26. The summed E-state index contributed by atoms with van der Waals surface area (Å²) in [5, 5.41) is 11.8. The van der Waals surface area contributed by atoms with Crippen LogP contribution in [0.2, 0.25) is 0 Å². The van der Waals surface area contributed by atoms with Gasteiger partial charge >= 0.3 is 4.83 Å². The number of halogens is 3. The maximum Gasteiger partial charge on any atom is 0.330 e. The van der Waals surface area contributed by atoms with Crippen molar-refractivity contribution in [3.8, 4) is 0 Å². The van der Waals surface area contributed by atoms with Gasteiger partial charge in [0.05, 0.1) is 0 Å². The van der Waals surface area contributed by atoms with E-state index >= 15 is 0 Å². The largest absolute Gasteiger partial charge is 0.381 e. The van der Waals surface area contributed by atoms with Crippen molar-refractivity contribution in [1.29, 1.82) is 0 Å². The molecule has 2 N–H and O–H groups in total. The first-order valence-electron chi connectivity index (χ1n) is 2.95. The van der Waals surface area contributed by atoms with E-state index in [4.69, 9.17) is 5.11 Å². The molecule has 1 saturated heterocycles. The molecule has 5 heteroatoms. The van der Waals surface area contributed by atoms with E-state index in [1.807, 2.05) is 0 Å². The summed E-state index contributed by atoms with van der Waals surface area (Å²) in [7, 11) is 0. The highest BCUT2D eigenvalue weighted by Crippen LogP contribution is 2.38. The van der Waals surface area contributed by atoms with Crippen molar-refractivity contribution >= 4 is 15.9 Å². The predicted molar refractivity (Wildman–Crippen MR) is 36.3 cm³/mol. The van der Waals surface area contributed by atoms with Crippen molar-refractivity contribution < 1.29 is 13.9 Å². The minimum absolute atomic E-state index is 0.0503. The first kappa shape index (κ1) is 8.36. The third-order valence-corrected chi connectivity index (χ3v) is 2.40. The SMILES string of the molecule is OC1(C(F)(F)Br)CCNC1. The molecule has 1 atom stereocenters. The Morgan fingerprint density at radius 2 is 2.20 bits per heavy atom. The van der Waals surface area contributed by atoms with Gasteiger partial charge in [-0.2, -0.15) is 8.78 Å². The van der Waals surface area contributed by atoms with Crippen molar-refractivity contribution in [3.05, 3.63) is 0 Å². The predicted octanol–water partition coefficient (Wildman–Crippen LogP) is 0.699. The van der Waals surface area contributed by atoms with Gasteiger partial charge in [0.1, 0.15) is 0 Å². The van der Waals surface area contributed by atoms with Gasteiger partial charge in [0.25, 0.3) is 0 Å². The number of rotatable bonds is 1. The van der Waals surface area contributed by atoms with E-state index in [1.54, 1.807) is 0 Å². The number of nitrogens with one attached hydrogen (secondary N) is 1. The summed E-state index contributed by atoms with van der Waals surface area (Å²) in [4.78, 5) is -3.18. The summed E-state index contributed by atoms with van der Waals surface area (Å²) in [5.74, 6) is 0. The molecule has 1 aliphatic heterocycles. The molecule has 0 aromatic rings. The maximum atomic E-state index is 12.4. The summed E-state index contributed by atoms with van der Waals surface area (Å²) in [6.45, 7) is 0.392. The van der Waals surface area contributed by atoms with Crippen LogP contribution in [0.15, 0.2) is 0 Å². The highest BCUT2D eigenvalue weighted by molar-refractivity contribution is 9.10. The zero-order valence-corrected chi connectivity index (χ0v) is 6.79. The summed E-state index contributed by atoms with van der Waals surface area (Å²) in [5.41, 5.74) is -1.90. The lowest BCUT2D eigenvalue weighted by atomic mass is 10.1. The van der Waals surface area contributed by atoms with Gasteiger partial charge in [0.2, 0.25) is 0 Å². The Balaban J connectivity index is 2.67. The second kappa shape index (κ2) is 2.39. The molecule has 0 aromatic heterocycles. The summed E-state index contributed by atoms with van der Waals surface area (Å²) >= 11 is 2.14. The molecule has 0 saturated carbocycles. The first-order chi connectivity index (χ1) is 4.46. The topological polar surface area (TPSA) is 32.3 Å². The number of hydrogen-bond donors (Lipinski definition) is 2. The standard InChI is InChI=1S/C5H8BrF2NO/c6-5(7,8)4(10)1-2-9-3-4/h9-10H,1-3H2. The molecule has 1 heterocycles. The van der Waals surface area contributed by atoms with E-state index in [1.165, 1.54) is 0 Å². The average molecular weight is 216 g/mol. The maximum absolute atomic E-state index is 12.4. The third-order valence-electron chi connectivity index (χ3n) is 1.66. The normalized spacial score (nSPS) is 34.8. The molecule has 1 rings (SSSR count). The number of aliphatic hydroxyl groups is 1. The van der Waals surface area contributed by atoms with E-state index in [0.717, 1.165) is 0 Å². The molecular weight excluding hydrogens is 208 g/mol. The van der Waals surface area contributed by atoms with Crippen LogP contribution in [0.1, 0.15) is 6.42 Å². The lowest BCUT2D eigenvalue weighted by Crippen LogP contribution is -2.45. The molecule has 0 spiro atoms. The van der Waals surface area contributed by atoms with E-state index < -0.39 is 10.4 Å². The summed E-state index contributed by atoms with van der Waals surface area (Å²) in [6, 6.07) is 0. The van der Waals surface area contributed by atoms with Crippen LogP contribution in [0.5, 0.6) is 0 Å². The average Bonchev–Trinajstić information content (AvgIpc) is 2.13. The van der Waals surface area contributed by atoms with Crippen LogP contribution in [-0.2, 0) is 0 Å². The van der Waals surface area contributed by atoms with E-state index in [0.29, 0.717) is 6.54 Å². The minimum atomic E-state index is -3.18. The van der Waals surface area contributed by atoms with Gasteiger partial charge in [0.15, 0.2) is 5.60 Å². The van der Waals surface area contributed by atoms with Crippen LogP contribution in [0.25, 0.3) is 0 Å². The molecule has 1 fully saturated rings. The van der Waals surface area contributed by atoms with Crippen molar-refractivity contribution in [3.63, 3.8) is 0 Å². The van der Waals surface area contributed by atoms with Crippen LogP contribution >= 0.6 is 15.9 Å². The zero-order valence-electron chi connectivity index (χ0n) is 5.20. The molecule has 0 amide bonds.